The number of aromatic hydroxyl groups is 1. The average molecular weight is 340 g/mol. The van der Waals surface area contributed by atoms with Gasteiger partial charge in [0, 0.05) is 17.8 Å². The van der Waals surface area contributed by atoms with Gasteiger partial charge >= 0.3 is 0 Å². The van der Waals surface area contributed by atoms with Gasteiger partial charge in [0.25, 0.3) is 5.91 Å². The van der Waals surface area contributed by atoms with Crippen molar-refractivity contribution >= 4 is 27.3 Å². The number of carbonyl (C=O) groups is 1. The zero-order chi connectivity index (χ0) is 16.3. The topological polar surface area (TPSA) is 83.5 Å². The predicted octanol–water partition coefficient (Wildman–Crippen LogP) is 2.38. The Kier molecular flexibility index (Phi) is 4.73. The molecule has 22 heavy (non-hydrogen) atoms. The first kappa shape index (κ1) is 16.3. The molecule has 0 aliphatic rings. The SMILES string of the molecule is CS(=O)(=O)c1ccc(CNC(=O)c2ccc(Cl)cc2O)cc1. The minimum Gasteiger partial charge on any atom is -0.507 e. The van der Waals surface area contributed by atoms with Gasteiger partial charge in [-0.1, -0.05) is 23.7 Å². The number of nitrogens with one attached hydrogen (secondary N) is 1. The number of hydrogen-bond donors (Lipinski definition) is 2. The van der Waals surface area contributed by atoms with Crippen LogP contribution in [-0.4, -0.2) is 25.7 Å². The molecule has 116 valence electrons. The van der Waals surface area contributed by atoms with Gasteiger partial charge in [0.1, 0.15) is 5.75 Å². The van der Waals surface area contributed by atoms with E-state index < -0.39 is 15.7 Å². The lowest BCUT2D eigenvalue weighted by Crippen LogP contribution is -2.22. The molecular formula is C15H14ClNO4S. The molecule has 0 radical (unpaired) electrons. The fraction of sp³-hybridized carbons (Fsp3) is 0.133. The van der Waals surface area contributed by atoms with Gasteiger partial charge in [-0.3, -0.25) is 4.79 Å². The quantitative estimate of drug-likeness (QED) is 0.895. The summed E-state index contributed by atoms with van der Waals surface area (Å²) in [6.07, 6.45) is 1.13. The molecule has 0 unspecified atom stereocenters. The highest BCUT2D eigenvalue weighted by atomic mass is 35.5. The van der Waals surface area contributed by atoms with Crippen molar-refractivity contribution in [1.29, 1.82) is 0 Å². The summed E-state index contributed by atoms with van der Waals surface area (Å²) >= 11 is 5.71. The van der Waals surface area contributed by atoms with Crippen molar-refractivity contribution < 1.29 is 18.3 Å². The molecule has 0 heterocycles. The zero-order valence-electron chi connectivity index (χ0n) is 11.7. The summed E-state index contributed by atoms with van der Waals surface area (Å²) in [6.45, 7) is 0.213. The van der Waals surface area contributed by atoms with Gasteiger partial charge in [-0.25, -0.2) is 8.42 Å². The lowest BCUT2D eigenvalue weighted by Gasteiger charge is -2.08. The summed E-state index contributed by atoms with van der Waals surface area (Å²) in [5, 5.41) is 12.7. The first-order chi connectivity index (χ1) is 10.3. The number of rotatable bonds is 4. The Morgan fingerprint density at radius 1 is 1.18 bits per heavy atom. The number of hydrogen-bond acceptors (Lipinski definition) is 4. The Hall–Kier alpha value is -2.05. The second-order valence-corrected chi connectivity index (χ2v) is 7.21. The van der Waals surface area contributed by atoms with E-state index in [2.05, 4.69) is 5.32 Å². The van der Waals surface area contributed by atoms with Gasteiger partial charge < -0.3 is 10.4 Å². The third-order valence-corrected chi connectivity index (χ3v) is 4.37. The van der Waals surface area contributed by atoms with Gasteiger partial charge in [0.15, 0.2) is 9.84 Å². The lowest BCUT2D eigenvalue weighted by atomic mass is 10.1. The Labute approximate surface area is 133 Å². The highest BCUT2D eigenvalue weighted by Crippen LogP contribution is 2.21. The smallest absolute Gasteiger partial charge is 0.255 e. The van der Waals surface area contributed by atoms with Crippen LogP contribution in [0.25, 0.3) is 0 Å². The summed E-state index contributed by atoms with van der Waals surface area (Å²) < 4.78 is 22.7. The molecule has 0 aliphatic carbocycles. The minimum atomic E-state index is -3.24. The van der Waals surface area contributed by atoms with E-state index >= 15 is 0 Å². The molecule has 0 atom stereocenters. The van der Waals surface area contributed by atoms with Gasteiger partial charge in [-0.15, -0.1) is 0 Å². The molecule has 5 nitrogen and oxygen atoms in total. The maximum absolute atomic E-state index is 12.0. The molecule has 0 saturated heterocycles. The van der Waals surface area contributed by atoms with Crippen LogP contribution in [0.3, 0.4) is 0 Å². The molecule has 2 aromatic rings. The Morgan fingerprint density at radius 3 is 2.36 bits per heavy atom. The van der Waals surface area contributed by atoms with Crippen LogP contribution < -0.4 is 5.32 Å². The zero-order valence-corrected chi connectivity index (χ0v) is 13.3. The molecular weight excluding hydrogens is 326 g/mol. The number of phenols is 1. The summed E-state index contributed by atoms with van der Waals surface area (Å²) in [4.78, 5) is 12.2. The van der Waals surface area contributed by atoms with E-state index in [-0.39, 0.29) is 22.8 Å². The third kappa shape index (κ3) is 3.99. The first-order valence-corrected chi connectivity index (χ1v) is 8.60. The predicted molar refractivity (Wildman–Crippen MR) is 83.8 cm³/mol. The maximum Gasteiger partial charge on any atom is 0.255 e. The number of sulfone groups is 1. The molecule has 1 amide bonds. The van der Waals surface area contributed by atoms with E-state index in [4.69, 9.17) is 11.6 Å². The number of phenolic OH excluding ortho intramolecular Hbond substituents is 1. The number of carbonyl (C=O) groups excluding carboxylic acids is 1. The minimum absolute atomic E-state index is 0.122. The van der Waals surface area contributed by atoms with Crippen molar-refractivity contribution in [3.05, 3.63) is 58.6 Å². The monoisotopic (exact) mass is 339 g/mol. The molecule has 0 bridgehead atoms. The van der Waals surface area contributed by atoms with Crippen molar-refractivity contribution in [1.82, 2.24) is 5.32 Å². The van der Waals surface area contributed by atoms with Crippen molar-refractivity contribution in [2.24, 2.45) is 0 Å². The van der Waals surface area contributed by atoms with E-state index in [1.54, 1.807) is 12.1 Å². The standard InChI is InChI=1S/C15H14ClNO4S/c1-22(20,21)12-5-2-10(3-6-12)9-17-15(19)13-7-4-11(16)8-14(13)18/h2-8,18H,9H2,1H3,(H,17,19). The first-order valence-electron chi connectivity index (χ1n) is 6.33. The Balaban J connectivity index is 2.05. The summed E-state index contributed by atoms with van der Waals surface area (Å²) in [6, 6.07) is 10.4. The molecule has 0 aliphatic heterocycles. The summed E-state index contributed by atoms with van der Waals surface area (Å²) in [7, 11) is -3.24. The average Bonchev–Trinajstić information content (AvgIpc) is 2.44. The van der Waals surface area contributed by atoms with Crippen molar-refractivity contribution in [3.8, 4) is 5.75 Å². The summed E-state index contributed by atoms with van der Waals surface area (Å²) in [5.74, 6) is -0.640. The molecule has 2 aromatic carbocycles. The van der Waals surface area contributed by atoms with Gasteiger partial charge in [-0.2, -0.15) is 0 Å². The molecule has 0 spiro atoms. The van der Waals surface area contributed by atoms with E-state index in [1.807, 2.05) is 0 Å². The largest absolute Gasteiger partial charge is 0.507 e. The van der Waals surface area contributed by atoms with Gasteiger partial charge in [0.2, 0.25) is 0 Å². The molecule has 0 fully saturated rings. The van der Waals surface area contributed by atoms with Crippen LogP contribution in [0.5, 0.6) is 5.75 Å². The normalized spacial score (nSPS) is 11.2. The lowest BCUT2D eigenvalue weighted by molar-refractivity contribution is 0.0948. The fourth-order valence-electron chi connectivity index (χ4n) is 1.83. The molecule has 7 heteroatoms. The third-order valence-electron chi connectivity index (χ3n) is 3.01. The molecule has 0 aromatic heterocycles. The Bertz CT molecular complexity index is 801. The van der Waals surface area contributed by atoms with E-state index in [0.717, 1.165) is 11.8 Å². The van der Waals surface area contributed by atoms with Gasteiger partial charge in [0.05, 0.1) is 10.5 Å². The number of halogens is 1. The Morgan fingerprint density at radius 2 is 1.82 bits per heavy atom. The van der Waals surface area contributed by atoms with Crippen LogP contribution in [0.1, 0.15) is 15.9 Å². The number of amides is 1. The second-order valence-electron chi connectivity index (χ2n) is 4.76. The number of benzene rings is 2. The molecule has 2 N–H and O–H groups in total. The van der Waals surface area contributed by atoms with Crippen molar-refractivity contribution in [3.63, 3.8) is 0 Å². The summed E-state index contributed by atoms with van der Waals surface area (Å²) in [5.41, 5.74) is 0.867. The highest BCUT2D eigenvalue weighted by molar-refractivity contribution is 7.90. The van der Waals surface area contributed by atoms with Gasteiger partial charge in [-0.05, 0) is 35.9 Å². The van der Waals surface area contributed by atoms with Crippen molar-refractivity contribution in [2.75, 3.05) is 6.26 Å². The second kappa shape index (κ2) is 6.37. The fourth-order valence-corrected chi connectivity index (χ4v) is 2.63. The van der Waals surface area contributed by atoms with Crippen LogP contribution in [-0.2, 0) is 16.4 Å². The van der Waals surface area contributed by atoms with E-state index in [0.29, 0.717) is 5.02 Å². The molecule has 0 saturated carbocycles. The van der Waals surface area contributed by atoms with Crippen LogP contribution in [0.15, 0.2) is 47.4 Å². The van der Waals surface area contributed by atoms with Crippen LogP contribution in [0.2, 0.25) is 5.02 Å². The van der Waals surface area contributed by atoms with Crippen LogP contribution in [0, 0.1) is 0 Å². The van der Waals surface area contributed by atoms with Crippen LogP contribution >= 0.6 is 11.6 Å². The van der Waals surface area contributed by atoms with Crippen LogP contribution in [0.4, 0.5) is 0 Å². The molecule has 2 rings (SSSR count). The highest BCUT2D eigenvalue weighted by Gasteiger charge is 2.11. The van der Waals surface area contributed by atoms with E-state index in [9.17, 15) is 18.3 Å². The van der Waals surface area contributed by atoms with E-state index in [1.165, 1.54) is 30.3 Å². The maximum atomic E-state index is 12.0. The van der Waals surface area contributed by atoms with Crippen molar-refractivity contribution in [2.45, 2.75) is 11.4 Å².